The number of likely N-dealkylation sites (tertiary alicyclic amines) is 1. The highest BCUT2D eigenvalue weighted by Gasteiger charge is 2.13. The van der Waals surface area contributed by atoms with Crippen LogP contribution in [-0.4, -0.2) is 30.6 Å². The van der Waals surface area contributed by atoms with Crippen LogP contribution in [0.3, 0.4) is 0 Å². The van der Waals surface area contributed by atoms with E-state index < -0.39 is 0 Å². The Morgan fingerprint density at radius 2 is 1.75 bits per heavy atom. The van der Waals surface area contributed by atoms with Crippen LogP contribution in [0.1, 0.15) is 24.8 Å². The molecule has 88 valence electrons. The first kappa shape index (κ1) is 11.6. The predicted octanol–water partition coefficient (Wildman–Crippen LogP) is 2.04. The van der Waals surface area contributed by atoms with Crippen LogP contribution in [0.4, 0.5) is 0 Å². The van der Waals surface area contributed by atoms with Crippen molar-refractivity contribution < 1.29 is 0 Å². The number of hydrogen-bond donors (Lipinski definition) is 1. The van der Waals surface area contributed by atoms with E-state index in [1.165, 1.54) is 37.9 Å². The van der Waals surface area contributed by atoms with Crippen LogP contribution in [0.15, 0.2) is 30.3 Å². The Hall–Kier alpha value is -0.860. The zero-order chi connectivity index (χ0) is 11.2. The van der Waals surface area contributed by atoms with E-state index in [9.17, 15) is 0 Å². The van der Waals surface area contributed by atoms with Gasteiger partial charge in [-0.3, -0.25) is 0 Å². The van der Waals surface area contributed by atoms with Crippen molar-refractivity contribution in [2.75, 3.05) is 19.6 Å². The first-order valence-electron chi connectivity index (χ1n) is 6.36. The molecule has 0 radical (unpaired) electrons. The zero-order valence-electron chi connectivity index (χ0n) is 9.94. The van der Waals surface area contributed by atoms with Crippen LogP contribution in [0, 0.1) is 0 Å². The predicted molar refractivity (Wildman–Crippen MR) is 68.4 cm³/mol. The summed E-state index contributed by atoms with van der Waals surface area (Å²) in [4.78, 5) is 2.51. The van der Waals surface area contributed by atoms with Gasteiger partial charge >= 0.3 is 0 Å². The Kier molecular flexibility index (Phi) is 4.37. The molecule has 1 saturated heterocycles. The fourth-order valence-electron chi connectivity index (χ4n) is 2.46. The molecular formula is C14H22N2. The maximum atomic E-state index is 6.19. The highest BCUT2D eigenvalue weighted by Crippen LogP contribution is 2.10. The van der Waals surface area contributed by atoms with Gasteiger partial charge in [0.15, 0.2) is 0 Å². The number of nitrogens with zero attached hydrogens (tertiary/aromatic N) is 1. The normalized spacial score (nSPS) is 19.6. The Labute approximate surface area is 98.4 Å². The third kappa shape index (κ3) is 3.62. The van der Waals surface area contributed by atoms with Gasteiger partial charge in [-0.1, -0.05) is 36.8 Å². The van der Waals surface area contributed by atoms with Crippen molar-refractivity contribution in [3.05, 3.63) is 35.9 Å². The molecule has 1 aliphatic rings. The van der Waals surface area contributed by atoms with E-state index in [0.717, 1.165) is 13.0 Å². The largest absolute Gasteiger partial charge is 0.326 e. The second-order valence-electron chi connectivity index (χ2n) is 4.81. The molecule has 2 rings (SSSR count). The third-order valence-electron chi connectivity index (χ3n) is 3.28. The number of benzene rings is 1. The number of nitrogens with two attached hydrogens (primary N) is 1. The van der Waals surface area contributed by atoms with Gasteiger partial charge in [0.2, 0.25) is 0 Å². The van der Waals surface area contributed by atoms with Gasteiger partial charge in [0.1, 0.15) is 0 Å². The minimum Gasteiger partial charge on any atom is -0.326 e. The molecule has 1 heterocycles. The average molecular weight is 218 g/mol. The van der Waals surface area contributed by atoms with E-state index in [0.29, 0.717) is 0 Å². The number of rotatable bonds is 4. The lowest BCUT2D eigenvalue weighted by molar-refractivity contribution is 0.215. The number of hydrogen-bond acceptors (Lipinski definition) is 2. The Balaban J connectivity index is 1.77. The second kappa shape index (κ2) is 6.02. The third-order valence-corrected chi connectivity index (χ3v) is 3.28. The van der Waals surface area contributed by atoms with Gasteiger partial charge in [-0.25, -0.2) is 0 Å². The molecule has 0 amide bonds. The quantitative estimate of drug-likeness (QED) is 0.838. The van der Waals surface area contributed by atoms with Gasteiger partial charge in [0, 0.05) is 12.6 Å². The molecule has 1 fully saturated rings. The summed E-state index contributed by atoms with van der Waals surface area (Å²) in [5, 5.41) is 0. The smallest absolute Gasteiger partial charge is 0.0208 e. The van der Waals surface area contributed by atoms with Gasteiger partial charge in [-0.15, -0.1) is 0 Å². The fourth-order valence-corrected chi connectivity index (χ4v) is 2.46. The van der Waals surface area contributed by atoms with E-state index in [-0.39, 0.29) is 6.04 Å². The molecule has 0 spiro atoms. The van der Waals surface area contributed by atoms with E-state index >= 15 is 0 Å². The summed E-state index contributed by atoms with van der Waals surface area (Å²) >= 11 is 0. The molecular weight excluding hydrogens is 196 g/mol. The summed E-state index contributed by atoms with van der Waals surface area (Å²) in [5.41, 5.74) is 7.55. The van der Waals surface area contributed by atoms with Crippen LogP contribution in [0.25, 0.3) is 0 Å². The molecule has 0 saturated carbocycles. The van der Waals surface area contributed by atoms with Crippen molar-refractivity contribution in [3.63, 3.8) is 0 Å². The standard InChI is InChI=1S/C14H22N2/c15-14(11-13-7-3-1-4-8-13)12-16-9-5-2-6-10-16/h1,3-4,7-8,14H,2,5-6,9-12,15H2/t14-/m0/s1. The Morgan fingerprint density at radius 1 is 1.06 bits per heavy atom. The molecule has 0 unspecified atom stereocenters. The van der Waals surface area contributed by atoms with Gasteiger partial charge in [0.05, 0.1) is 0 Å². The first-order chi connectivity index (χ1) is 7.84. The van der Waals surface area contributed by atoms with Crippen LogP contribution >= 0.6 is 0 Å². The van der Waals surface area contributed by atoms with Gasteiger partial charge in [0.25, 0.3) is 0 Å². The maximum Gasteiger partial charge on any atom is 0.0208 e. The van der Waals surface area contributed by atoms with E-state index in [1.807, 2.05) is 0 Å². The van der Waals surface area contributed by atoms with Crippen LogP contribution in [-0.2, 0) is 6.42 Å². The van der Waals surface area contributed by atoms with Crippen molar-refractivity contribution in [2.24, 2.45) is 5.73 Å². The highest BCUT2D eigenvalue weighted by molar-refractivity contribution is 5.15. The topological polar surface area (TPSA) is 29.3 Å². The van der Waals surface area contributed by atoms with Gasteiger partial charge in [-0.2, -0.15) is 0 Å². The minimum atomic E-state index is 0.278. The molecule has 0 aliphatic carbocycles. The SMILES string of the molecule is N[C@@H](Cc1ccccc1)CN1CCCCC1. The molecule has 1 aromatic rings. The fraction of sp³-hybridized carbons (Fsp3) is 0.571. The minimum absolute atomic E-state index is 0.278. The molecule has 0 bridgehead atoms. The summed E-state index contributed by atoms with van der Waals surface area (Å²) in [6.45, 7) is 3.53. The molecule has 1 aromatic carbocycles. The van der Waals surface area contributed by atoms with E-state index in [1.54, 1.807) is 0 Å². The lowest BCUT2D eigenvalue weighted by Crippen LogP contribution is -2.41. The Morgan fingerprint density at radius 3 is 2.44 bits per heavy atom. The summed E-state index contributed by atoms with van der Waals surface area (Å²) in [6.07, 6.45) is 5.08. The monoisotopic (exact) mass is 218 g/mol. The van der Waals surface area contributed by atoms with Crippen molar-refractivity contribution in [3.8, 4) is 0 Å². The maximum absolute atomic E-state index is 6.19. The van der Waals surface area contributed by atoms with Crippen molar-refractivity contribution in [1.82, 2.24) is 4.90 Å². The van der Waals surface area contributed by atoms with E-state index in [4.69, 9.17) is 5.73 Å². The molecule has 16 heavy (non-hydrogen) atoms. The molecule has 2 nitrogen and oxygen atoms in total. The summed E-state index contributed by atoms with van der Waals surface area (Å²) in [7, 11) is 0. The van der Waals surface area contributed by atoms with Gasteiger partial charge < -0.3 is 10.6 Å². The highest BCUT2D eigenvalue weighted by atomic mass is 15.1. The summed E-state index contributed by atoms with van der Waals surface area (Å²) < 4.78 is 0. The van der Waals surface area contributed by atoms with Crippen molar-refractivity contribution >= 4 is 0 Å². The van der Waals surface area contributed by atoms with Gasteiger partial charge in [-0.05, 0) is 37.9 Å². The molecule has 1 aliphatic heterocycles. The first-order valence-corrected chi connectivity index (χ1v) is 6.36. The average Bonchev–Trinajstić information content (AvgIpc) is 2.31. The Bertz CT molecular complexity index is 291. The number of piperidine rings is 1. The van der Waals surface area contributed by atoms with E-state index in [2.05, 4.69) is 35.2 Å². The van der Waals surface area contributed by atoms with Crippen molar-refractivity contribution in [2.45, 2.75) is 31.7 Å². The van der Waals surface area contributed by atoms with Crippen LogP contribution in [0.2, 0.25) is 0 Å². The van der Waals surface area contributed by atoms with Crippen LogP contribution in [0.5, 0.6) is 0 Å². The zero-order valence-corrected chi connectivity index (χ0v) is 9.94. The summed E-state index contributed by atoms with van der Waals surface area (Å²) in [6, 6.07) is 10.8. The molecule has 2 heteroatoms. The lowest BCUT2D eigenvalue weighted by atomic mass is 10.0. The molecule has 2 N–H and O–H groups in total. The molecule has 0 aromatic heterocycles. The molecule has 1 atom stereocenters. The van der Waals surface area contributed by atoms with Crippen LogP contribution < -0.4 is 5.73 Å². The summed E-state index contributed by atoms with van der Waals surface area (Å²) in [5.74, 6) is 0. The second-order valence-corrected chi connectivity index (χ2v) is 4.81. The lowest BCUT2D eigenvalue weighted by Gasteiger charge is -2.29. The van der Waals surface area contributed by atoms with Crippen molar-refractivity contribution in [1.29, 1.82) is 0 Å².